The summed E-state index contributed by atoms with van der Waals surface area (Å²) in [5.74, 6) is -0.285. The molecule has 0 spiro atoms. The number of amides is 1. The van der Waals surface area contributed by atoms with Crippen molar-refractivity contribution < 1.29 is 10.0 Å². The Labute approximate surface area is 123 Å². The monoisotopic (exact) mass is 279 g/mol. The van der Waals surface area contributed by atoms with Crippen LogP contribution in [0.5, 0.6) is 0 Å². The molecule has 1 amide bonds. The number of carbonyl (C=O) groups excluding carboxylic acids is 1. The van der Waals surface area contributed by atoms with Crippen molar-refractivity contribution in [3.8, 4) is 0 Å². The van der Waals surface area contributed by atoms with Crippen LogP contribution in [0.25, 0.3) is 0 Å². The summed E-state index contributed by atoms with van der Waals surface area (Å²) in [5, 5.41) is 10.6. The second-order valence-corrected chi connectivity index (χ2v) is 4.67. The number of hydroxylamine groups is 2. The standard InChI is InChI=1S/C15H23NO2.C2H6/c1-6-9-11-13(10-7-2)12-16(18)14(17)15(4,5)8-3;1-2/h6-7,9-11,18H,1-2,8,12H2,3-5H3;1-2H3/b11-9-,13-10+;. The highest BCUT2D eigenvalue weighted by molar-refractivity contribution is 5.81. The minimum absolute atomic E-state index is 0.138. The van der Waals surface area contributed by atoms with Crippen LogP contribution in [0.1, 0.15) is 41.0 Å². The zero-order valence-electron chi connectivity index (χ0n) is 13.5. The molecule has 0 bridgehead atoms. The van der Waals surface area contributed by atoms with E-state index in [4.69, 9.17) is 0 Å². The topological polar surface area (TPSA) is 40.5 Å². The molecule has 3 nitrogen and oxygen atoms in total. The minimum atomic E-state index is -0.559. The van der Waals surface area contributed by atoms with E-state index in [0.717, 1.165) is 10.6 Å². The number of allylic oxidation sites excluding steroid dienone is 4. The van der Waals surface area contributed by atoms with Gasteiger partial charge in [-0.3, -0.25) is 10.0 Å². The average Bonchev–Trinajstić information content (AvgIpc) is 2.46. The Morgan fingerprint density at radius 1 is 1.25 bits per heavy atom. The number of nitrogens with zero attached hydrogens (tertiary/aromatic N) is 1. The van der Waals surface area contributed by atoms with Crippen LogP contribution in [0.15, 0.2) is 49.1 Å². The van der Waals surface area contributed by atoms with Gasteiger partial charge in [-0.15, -0.1) is 0 Å². The predicted octanol–water partition coefficient (Wildman–Crippen LogP) is 4.52. The first-order chi connectivity index (χ1) is 9.38. The van der Waals surface area contributed by atoms with Crippen LogP contribution >= 0.6 is 0 Å². The molecular weight excluding hydrogens is 250 g/mol. The van der Waals surface area contributed by atoms with Gasteiger partial charge in [-0.25, -0.2) is 5.06 Å². The lowest BCUT2D eigenvalue weighted by Crippen LogP contribution is -2.39. The highest BCUT2D eigenvalue weighted by Gasteiger charge is 2.29. The molecule has 0 aliphatic rings. The highest BCUT2D eigenvalue weighted by atomic mass is 16.5. The van der Waals surface area contributed by atoms with Crippen LogP contribution in [0, 0.1) is 5.41 Å². The first kappa shape index (κ1) is 20.7. The Kier molecular flexibility index (Phi) is 11.6. The van der Waals surface area contributed by atoms with Crippen LogP contribution in [-0.4, -0.2) is 22.7 Å². The van der Waals surface area contributed by atoms with Crippen LogP contribution in [0.3, 0.4) is 0 Å². The van der Waals surface area contributed by atoms with E-state index in [9.17, 15) is 10.0 Å². The van der Waals surface area contributed by atoms with Crippen molar-refractivity contribution in [2.75, 3.05) is 6.54 Å². The normalized spacial score (nSPS) is 11.6. The Hall–Kier alpha value is -1.61. The summed E-state index contributed by atoms with van der Waals surface area (Å²) in [7, 11) is 0. The summed E-state index contributed by atoms with van der Waals surface area (Å²) in [4.78, 5) is 12.0. The van der Waals surface area contributed by atoms with E-state index in [1.54, 1.807) is 30.4 Å². The number of hydrogen-bond acceptors (Lipinski definition) is 2. The maximum atomic E-state index is 12.0. The zero-order chi connectivity index (χ0) is 16.2. The Bertz CT molecular complexity index is 365. The lowest BCUT2D eigenvalue weighted by atomic mass is 9.89. The molecule has 3 heteroatoms. The highest BCUT2D eigenvalue weighted by Crippen LogP contribution is 2.22. The molecule has 0 atom stereocenters. The fraction of sp³-hybridized carbons (Fsp3) is 0.471. The molecule has 0 rings (SSSR count). The molecule has 0 aromatic rings. The maximum absolute atomic E-state index is 12.0. The summed E-state index contributed by atoms with van der Waals surface area (Å²) in [6, 6.07) is 0. The van der Waals surface area contributed by atoms with Crippen molar-refractivity contribution in [1.29, 1.82) is 0 Å². The Morgan fingerprint density at radius 2 is 1.80 bits per heavy atom. The number of rotatable bonds is 7. The molecule has 0 aliphatic carbocycles. The smallest absolute Gasteiger partial charge is 0.251 e. The van der Waals surface area contributed by atoms with Crippen molar-refractivity contribution in [2.45, 2.75) is 41.0 Å². The quantitative estimate of drug-likeness (QED) is 0.423. The third-order valence-corrected chi connectivity index (χ3v) is 2.81. The fourth-order valence-electron chi connectivity index (χ4n) is 1.25. The van der Waals surface area contributed by atoms with Gasteiger partial charge in [-0.05, 0) is 12.0 Å². The molecule has 0 heterocycles. The summed E-state index contributed by atoms with van der Waals surface area (Å²) in [6.45, 7) is 16.9. The summed E-state index contributed by atoms with van der Waals surface area (Å²) in [5.41, 5.74) is 0.226. The number of carbonyl (C=O) groups is 1. The minimum Gasteiger partial charge on any atom is -0.286 e. The van der Waals surface area contributed by atoms with Gasteiger partial charge in [0.15, 0.2) is 0 Å². The van der Waals surface area contributed by atoms with Crippen molar-refractivity contribution in [3.05, 3.63) is 49.1 Å². The van der Waals surface area contributed by atoms with E-state index >= 15 is 0 Å². The van der Waals surface area contributed by atoms with Crippen LogP contribution in [0.2, 0.25) is 0 Å². The van der Waals surface area contributed by atoms with Gasteiger partial charge in [0, 0.05) is 5.41 Å². The van der Waals surface area contributed by atoms with Gasteiger partial charge in [-0.2, -0.15) is 0 Å². The summed E-state index contributed by atoms with van der Waals surface area (Å²) >= 11 is 0. The van der Waals surface area contributed by atoms with Crippen LogP contribution in [0.4, 0.5) is 0 Å². The second kappa shape index (κ2) is 11.2. The fourth-order valence-corrected chi connectivity index (χ4v) is 1.25. The van der Waals surface area contributed by atoms with Crippen molar-refractivity contribution in [1.82, 2.24) is 5.06 Å². The predicted molar refractivity (Wildman–Crippen MR) is 86.5 cm³/mol. The van der Waals surface area contributed by atoms with E-state index in [-0.39, 0.29) is 12.5 Å². The van der Waals surface area contributed by atoms with Gasteiger partial charge >= 0.3 is 0 Å². The van der Waals surface area contributed by atoms with Gasteiger partial charge < -0.3 is 0 Å². The van der Waals surface area contributed by atoms with Gasteiger partial charge in [0.05, 0.1) is 6.54 Å². The third kappa shape index (κ3) is 7.74. The maximum Gasteiger partial charge on any atom is 0.251 e. The molecule has 0 saturated carbocycles. The van der Waals surface area contributed by atoms with Crippen molar-refractivity contribution in [2.24, 2.45) is 5.41 Å². The molecule has 0 saturated heterocycles. The van der Waals surface area contributed by atoms with E-state index in [1.807, 2.05) is 34.6 Å². The second-order valence-electron chi connectivity index (χ2n) is 4.67. The number of hydrogen-bond donors (Lipinski definition) is 1. The van der Waals surface area contributed by atoms with E-state index in [0.29, 0.717) is 6.42 Å². The third-order valence-electron chi connectivity index (χ3n) is 2.81. The van der Waals surface area contributed by atoms with Gasteiger partial charge in [0.2, 0.25) is 0 Å². The molecule has 114 valence electrons. The van der Waals surface area contributed by atoms with Crippen LogP contribution in [-0.2, 0) is 4.79 Å². The molecule has 1 N–H and O–H groups in total. The molecule has 0 aliphatic heterocycles. The van der Waals surface area contributed by atoms with Crippen LogP contribution < -0.4 is 0 Å². The molecule has 0 radical (unpaired) electrons. The average molecular weight is 279 g/mol. The van der Waals surface area contributed by atoms with E-state index < -0.39 is 5.41 Å². The molecular formula is C17H29NO2. The largest absolute Gasteiger partial charge is 0.286 e. The Balaban J connectivity index is 0. The zero-order valence-corrected chi connectivity index (χ0v) is 13.5. The lowest BCUT2D eigenvalue weighted by molar-refractivity contribution is -0.173. The van der Waals surface area contributed by atoms with Crippen molar-refractivity contribution in [3.63, 3.8) is 0 Å². The summed E-state index contributed by atoms with van der Waals surface area (Å²) in [6.07, 6.45) is 9.20. The van der Waals surface area contributed by atoms with Gasteiger partial charge in [-0.1, -0.05) is 78.2 Å². The molecule has 20 heavy (non-hydrogen) atoms. The van der Waals surface area contributed by atoms with Crippen molar-refractivity contribution >= 4 is 5.91 Å². The SMILES string of the molecule is C=C/C=C\C(=C/C=C)CN(O)C(=O)C(C)(C)CC.CC. The first-order valence-electron chi connectivity index (χ1n) is 7.00. The first-order valence-corrected chi connectivity index (χ1v) is 7.00. The summed E-state index contributed by atoms with van der Waals surface area (Å²) < 4.78 is 0. The molecule has 0 unspecified atom stereocenters. The van der Waals surface area contributed by atoms with Gasteiger partial charge in [0.25, 0.3) is 5.91 Å². The van der Waals surface area contributed by atoms with E-state index in [1.165, 1.54) is 0 Å². The van der Waals surface area contributed by atoms with E-state index in [2.05, 4.69) is 13.2 Å². The molecule has 0 fully saturated rings. The lowest BCUT2D eigenvalue weighted by Gasteiger charge is -2.26. The molecule has 0 aromatic carbocycles. The Morgan fingerprint density at radius 3 is 2.20 bits per heavy atom. The molecule has 0 aromatic heterocycles. The van der Waals surface area contributed by atoms with Gasteiger partial charge in [0.1, 0.15) is 0 Å².